The Hall–Kier alpha value is -1.80. The van der Waals surface area contributed by atoms with Crippen LogP contribution in [-0.4, -0.2) is 50.7 Å². The molecule has 0 radical (unpaired) electrons. The van der Waals surface area contributed by atoms with Gasteiger partial charge in [0.25, 0.3) is 0 Å². The lowest BCUT2D eigenvalue weighted by Crippen LogP contribution is -2.44. The van der Waals surface area contributed by atoms with Crippen LogP contribution in [0.15, 0.2) is 18.2 Å². The smallest absolute Gasteiger partial charge is 0.335 e. The van der Waals surface area contributed by atoms with Crippen LogP contribution in [0.1, 0.15) is 39.1 Å². The Kier molecular flexibility index (Phi) is 3.10. The van der Waals surface area contributed by atoms with Crippen LogP contribution in [0.4, 0.5) is 0 Å². The molecule has 1 heterocycles. The first-order valence-corrected chi connectivity index (χ1v) is 6.50. The molecule has 21 heavy (non-hydrogen) atoms. The van der Waals surface area contributed by atoms with Gasteiger partial charge in [-0.1, -0.05) is 6.07 Å². The van der Waals surface area contributed by atoms with Gasteiger partial charge in [-0.25, -0.2) is 4.79 Å². The Bertz CT molecular complexity index is 626. The van der Waals surface area contributed by atoms with E-state index >= 15 is 0 Å². The molecule has 0 saturated carbocycles. The van der Waals surface area contributed by atoms with Gasteiger partial charge in [-0.2, -0.15) is 0 Å². The highest BCUT2D eigenvalue weighted by Gasteiger charge is 2.57. The maximum Gasteiger partial charge on any atom is 0.335 e. The second-order valence-corrected chi connectivity index (χ2v) is 5.32. The molecule has 112 valence electrons. The summed E-state index contributed by atoms with van der Waals surface area (Å²) in [6.45, 7) is 0. The molecule has 3 rings (SSSR count). The second-order valence-electron chi connectivity index (χ2n) is 5.32. The van der Waals surface area contributed by atoms with Crippen molar-refractivity contribution in [2.75, 3.05) is 0 Å². The highest BCUT2D eigenvalue weighted by atomic mass is 16.7. The molecule has 3 unspecified atom stereocenters. The van der Waals surface area contributed by atoms with Crippen LogP contribution < -0.4 is 0 Å². The minimum absolute atomic E-state index is 0.0343. The van der Waals surface area contributed by atoms with E-state index in [2.05, 4.69) is 0 Å². The predicted octanol–water partition coefficient (Wildman–Crippen LogP) is -0.373. The number of hydrogen-bond donors (Lipinski definition) is 4. The third-order valence-corrected chi connectivity index (χ3v) is 4.17. The maximum absolute atomic E-state index is 12.0. The average Bonchev–Trinajstić information content (AvgIpc) is 2.68. The largest absolute Gasteiger partial charge is 0.478 e. The molecule has 7 nitrogen and oxygen atoms in total. The molecule has 0 aromatic heterocycles. The number of rotatable bonds is 1. The van der Waals surface area contributed by atoms with Crippen molar-refractivity contribution in [2.45, 2.75) is 36.9 Å². The van der Waals surface area contributed by atoms with Gasteiger partial charge in [-0.15, -0.1) is 0 Å². The van der Waals surface area contributed by atoms with Gasteiger partial charge < -0.3 is 25.2 Å². The summed E-state index contributed by atoms with van der Waals surface area (Å²) in [5, 5.41) is 38.5. The fourth-order valence-electron chi connectivity index (χ4n) is 3.06. The first-order chi connectivity index (χ1) is 9.86. The van der Waals surface area contributed by atoms with E-state index in [1.165, 1.54) is 18.2 Å². The summed E-state index contributed by atoms with van der Waals surface area (Å²) in [4.78, 5) is 23.0. The molecular weight excluding hydrogens is 280 g/mol. The Morgan fingerprint density at radius 1 is 1.29 bits per heavy atom. The number of aliphatic hydroxyl groups is 3. The minimum Gasteiger partial charge on any atom is -0.478 e. The van der Waals surface area contributed by atoms with E-state index in [4.69, 9.17) is 9.84 Å². The summed E-state index contributed by atoms with van der Waals surface area (Å²) in [5.41, 5.74) is -1.000. The number of aromatic carboxylic acids is 1. The van der Waals surface area contributed by atoms with Gasteiger partial charge >= 0.3 is 5.97 Å². The van der Waals surface area contributed by atoms with Crippen LogP contribution in [0.5, 0.6) is 0 Å². The lowest BCUT2D eigenvalue weighted by atomic mass is 9.74. The Morgan fingerprint density at radius 2 is 2.00 bits per heavy atom. The summed E-state index contributed by atoms with van der Waals surface area (Å²) in [7, 11) is 0. The van der Waals surface area contributed by atoms with Crippen molar-refractivity contribution in [3.8, 4) is 0 Å². The lowest BCUT2D eigenvalue weighted by Gasteiger charge is -2.36. The number of hydrogen-bond acceptors (Lipinski definition) is 6. The van der Waals surface area contributed by atoms with E-state index in [-0.39, 0.29) is 29.8 Å². The van der Waals surface area contributed by atoms with Crippen molar-refractivity contribution in [1.82, 2.24) is 0 Å². The van der Waals surface area contributed by atoms with Crippen LogP contribution in [0.2, 0.25) is 0 Å². The summed E-state index contributed by atoms with van der Waals surface area (Å²) < 4.78 is 5.35. The highest BCUT2D eigenvalue weighted by Crippen LogP contribution is 2.47. The van der Waals surface area contributed by atoms with Crippen molar-refractivity contribution in [1.29, 1.82) is 0 Å². The third-order valence-electron chi connectivity index (χ3n) is 4.17. The van der Waals surface area contributed by atoms with Gasteiger partial charge in [-0.3, -0.25) is 4.79 Å². The molecule has 7 heteroatoms. The summed E-state index contributed by atoms with van der Waals surface area (Å²) in [6.07, 6.45) is -4.28. The molecule has 4 atom stereocenters. The quantitative estimate of drug-likeness (QED) is 0.557. The zero-order valence-corrected chi connectivity index (χ0v) is 10.9. The van der Waals surface area contributed by atoms with Gasteiger partial charge in [0.05, 0.1) is 5.56 Å². The Labute approximate surface area is 119 Å². The van der Waals surface area contributed by atoms with Crippen LogP contribution in [0, 0.1) is 0 Å². The first-order valence-electron chi connectivity index (χ1n) is 6.50. The van der Waals surface area contributed by atoms with Gasteiger partial charge in [0.15, 0.2) is 12.1 Å². The van der Waals surface area contributed by atoms with Crippen molar-refractivity contribution in [3.05, 3.63) is 34.9 Å². The van der Waals surface area contributed by atoms with E-state index in [1.54, 1.807) is 0 Å². The van der Waals surface area contributed by atoms with Gasteiger partial charge in [0.1, 0.15) is 17.8 Å². The molecule has 1 aromatic rings. The minimum atomic E-state index is -1.56. The summed E-state index contributed by atoms with van der Waals surface area (Å²) in [6, 6.07) is 3.92. The average molecular weight is 294 g/mol. The molecule has 1 saturated heterocycles. The monoisotopic (exact) mass is 294 g/mol. The number of carbonyl (C=O) groups excluding carboxylic acids is 1. The number of ketones is 1. The van der Waals surface area contributed by atoms with Crippen molar-refractivity contribution in [2.24, 2.45) is 0 Å². The fourth-order valence-corrected chi connectivity index (χ4v) is 3.06. The van der Waals surface area contributed by atoms with Crippen molar-refractivity contribution >= 4 is 11.8 Å². The van der Waals surface area contributed by atoms with Crippen LogP contribution in [0.3, 0.4) is 0 Å². The molecule has 1 aliphatic carbocycles. The molecule has 1 aliphatic heterocycles. The molecule has 0 amide bonds. The van der Waals surface area contributed by atoms with Gasteiger partial charge in [0.2, 0.25) is 0 Å². The standard InChI is InChI=1S/C14H14O7/c15-9-3-4-14(11(17)10(16)13(20)21-14)8-2-1-6(12(18)19)5-7(8)9/h1-2,5,10-11,13,16-17,20H,3-4H2,(H,18,19)/t10?,11?,13?,14-/m1/s1. The van der Waals surface area contributed by atoms with E-state index in [9.17, 15) is 24.9 Å². The summed E-state index contributed by atoms with van der Waals surface area (Å²) in [5.74, 6) is -1.43. The zero-order valence-electron chi connectivity index (χ0n) is 10.9. The number of aliphatic hydroxyl groups excluding tert-OH is 3. The van der Waals surface area contributed by atoms with E-state index < -0.39 is 30.1 Å². The number of carboxylic acid groups (broad SMARTS) is 1. The molecule has 4 N–H and O–H groups in total. The fraction of sp³-hybridized carbons (Fsp3) is 0.429. The van der Waals surface area contributed by atoms with Crippen LogP contribution >= 0.6 is 0 Å². The topological polar surface area (TPSA) is 124 Å². The van der Waals surface area contributed by atoms with E-state index in [1.807, 2.05) is 0 Å². The third kappa shape index (κ3) is 1.90. The number of carbonyl (C=O) groups is 2. The molecular formula is C14H14O7. The van der Waals surface area contributed by atoms with Crippen molar-refractivity contribution < 1.29 is 34.8 Å². The second kappa shape index (κ2) is 4.60. The lowest BCUT2D eigenvalue weighted by molar-refractivity contribution is -0.169. The Balaban J connectivity index is 2.16. The number of carboxylic acids is 1. The predicted molar refractivity (Wildman–Crippen MR) is 67.7 cm³/mol. The van der Waals surface area contributed by atoms with Crippen LogP contribution in [0.25, 0.3) is 0 Å². The first kappa shape index (κ1) is 14.2. The number of Topliss-reactive ketones (excluding diaryl/α,β-unsaturated/α-hetero) is 1. The molecule has 1 aromatic carbocycles. The van der Waals surface area contributed by atoms with Gasteiger partial charge in [0, 0.05) is 12.0 Å². The zero-order chi connectivity index (χ0) is 15.4. The molecule has 0 bridgehead atoms. The van der Waals surface area contributed by atoms with E-state index in [0.29, 0.717) is 5.56 Å². The maximum atomic E-state index is 12.0. The van der Waals surface area contributed by atoms with Crippen LogP contribution in [-0.2, 0) is 10.3 Å². The van der Waals surface area contributed by atoms with E-state index in [0.717, 1.165) is 0 Å². The van der Waals surface area contributed by atoms with Crippen molar-refractivity contribution in [3.63, 3.8) is 0 Å². The number of benzene rings is 1. The van der Waals surface area contributed by atoms with Gasteiger partial charge in [-0.05, 0) is 24.1 Å². The number of ether oxygens (including phenoxy) is 1. The molecule has 1 spiro atoms. The normalized spacial score (nSPS) is 35.0. The Morgan fingerprint density at radius 3 is 2.57 bits per heavy atom. The highest BCUT2D eigenvalue weighted by molar-refractivity contribution is 6.01. The number of fused-ring (bicyclic) bond motifs is 2. The molecule has 1 fully saturated rings. The SMILES string of the molecule is O=C(O)c1ccc2c(c1)C(=O)CC[C@@]21OC(O)C(O)C1O. The molecule has 2 aliphatic rings. The summed E-state index contributed by atoms with van der Waals surface area (Å²) >= 11 is 0.